The summed E-state index contributed by atoms with van der Waals surface area (Å²) in [6.45, 7) is 5.50. The van der Waals surface area contributed by atoms with E-state index in [1.54, 1.807) is 0 Å². The molecule has 0 heterocycles. The van der Waals surface area contributed by atoms with Crippen LogP contribution in [0.15, 0.2) is 0 Å². The third-order valence-corrected chi connectivity index (χ3v) is 5.30. The lowest BCUT2D eigenvalue weighted by Crippen LogP contribution is -2.42. The monoisotopic (exact) mass is 236 g/mol. The molecule has 0 saturated heterocycles. The summed E-state index contributed by atoms with van der Waals surface area (Å²) in [5.74, 6) is 4.03. The normalized spacial score (nSPS) is 41.8. The Kier molecular flexibility index (Phi) is 2.69. The first-order valence-electron chi connectivity index (χ1n) is 7.15. The second kappa shape index (κ2) is 3.98. The van der Waals surface area contributed by atoms with Crippen molar-refractivity contribution < 1.29 is 4.79 Å². The number of fused-ring (bicyclic) bond motifs is 5. The van der Waals surface area contributed by atoms with Crippen LogP contribution in [0.3, 0.4) is 0 Å². The lowest BCUT2D eigenvalue weighted by molar-refractivity contribution is -0.135. The van der Waals surface area contributed by atoms with Gasteiger partial charge in [-0.15, -0.1) is 0 Å². The van der Waals surface area contributed by atoms with Gasteiger partial charge < -0.3 is 10.6 Å². The van der Waals surface area contributed by atoms with Crippen molar-refractivity contribution in [1.82, 2.24) is 4.90 Å². The van der Waals surface area contributed by atoms with E-state index in [0.29, 0.717) is 24.4 Å². The quantitative estimate of drug-likeness (QED) is 0.803. The first-order chi connectivity index (χ1) is 8.15. The molecule has 3 heteroatoms. The van der Waals surface area contributed by atoms with E-state index in [-0.39, 0.29) is 0 Å². The summed E-state index contributed by atoms with van der Waals surface area (Å²) in [5, 5.41) is 0. The molecule has 3 fully saturated rings. The first-order valence-corrected chi connectivity index (χ1v) is 7.15. The van der Waals surface area contributed by atoms with Crippen LogP contribution < -0.4 is 5.73 Å². The van der Waals surface area contributed by atoms with Crippen molar-refractivity contribution >= 4 is 5.91 Å². The zero-order chi connectivity index (χ0) is 12.2. The summed E-state index contributed by atoms with van der Waals surface area (Å²) >= 11 is 0. The van der Waals surface area contributed by atoms with E-state index in [2.05, 4.69) is 13.8 Å². The van der Waals surface area contributed by atoms with Gasteiger partial charge in [0, 0.05) is 25.0 Å². The zero-order valence-electron chi connectivity index (χ0n) is 10.9. The van der Waals surface area contributed by atoms with Crippen LogP contribution in [0.5, 0.6) is 0 Å². The molecule has 4 atom stereocenters. The summed E-state index contributed by atoms with van der Waals surface area (Å²) in [5.41, 5.74) is 5.61. The summed E-state index contributed by atoms with van der Waals surface area (Å²) in [6, 6.07) is 0.296. The van der Waals surface area contributed by atoms with Crippen LogP contribution >= 0.6 is 0 Å². The number of carbonyl (C=O) groups excluding carboxylic acids is 1. The highest BCUT2D eigenvalue weighted by Crippen LogP contribution is 2.69. The number of carbonyl (C=O) groups is 1. The van der Waals surface area contributed by atoms with Crippen molar-refractivity contribution in [1.29, 1.82) is 0 Å². The van der Waals surface area contributed by atoms with Crippen molar-refractivity contribution in [3.63, 3.8) is 0 Å². The Morgan fingerprint density at radius 2 is 1.88 bits per heavy atom. The number of rotatable bonds is 4. The van der Waals surface area contributed by atoms with Gasteiger partial charge in [0.05, 0.1) is 0 Å². The third-order valence-electron chi connectivity index (χ3n) is 5.30. The molecule has 3 saturated carbocycles. The molecule has 3 aliphatic carbocycles. The highest BCUT2D eigenvalue weighted by atomic mass is 16.2. The van der Waals surface area contributed by atoms with Gasteiger partial charge in [-0.25, -0.2) is 0 Å². The van der Waals surface area contributed by atoms with Gasteiger partial charge in [0.2, 0.25) is 5.91 Å². The van der Waals surface area contributed by atoms with E-state index in [1.165, 1.54) is 19.3 Å². The minimum atomic E-state index is 0.296. The zero-order valence-corrected chi connectivity index (χ0v) is 10.9. The van der Waals surface area contributed by atoms with Crippen LogP contribution in [0.4, 0.5) is 0 Å². The third kappa shape index (κ3) is 1.62. The van der Waals surface area contributed by atoms with Crippen LogP contribution in [-0.2, 0) is 4.79 Å². The molecule has 2 bridgehead atoms. The SMILES string of the molecule is CC(C)N(CCN)C(=O)C1C2C3CCC(C3)C12. The average Bonchev–Trinajstić information content (AvgIpc) is 2.73. The highest BCUT2D eigenvalue weighted by Gasteiger charge is 2.67. The predicted octanol–water partition coefficient (Wildman–Crippen LogP) is 1.47. The van der Waals surface area contributed by atoms with Gasteiger partial charge in [0.25, 0.3) is 0 Å². The second-order valence-corrected chi connectivity index (χ2v) is 6.43. The van der Waals surface area contributed by atoms with Crippen molar-refractivity contribution in [3.05, 3.63) is 0 Å². The highest BCUT2D eigenvalue weighted by molar-refractivity contribution is 5.83. The molecule has 3 nitrogen and oxygen atoms in total. The minimum Gasteiger partial charge on any atom is -0.339 e. The predicted molar refractivity (Wildman–Crippen MR) is 67.2 cm³/mol. The van der Waals surface area contributed by atoms with Crippen molar-refractivity contribution in [3.8, 4) is 0 Å². The molecule has 96 valence electrons. The summed E-state index contributed by atoms with van der Waals surface area (Å²) in [4.78, 5) is 14.5. The molecule has 0 spiro atoms. The molecule has 17 heavy (non-hydrogen) atoms. The van der Waals surface area contributed by atoms with Crippen molar-refractivity contribution in [2.24, 2.45) is 35.3 Å². The van der Waals surface area contributed by atoms with Crippen LogP contribution in [0, 0.1) is 29.6 Å². The second-order valence-electron chi connectivity index (χ2n) is 6.43. The van der Waals surface area contributed by atoms with Crippen LogP contribution in [0.25, 0.3) is 0 Å². The maximum Gasteiger partial charge on any atom is 0.226 e. The van der Waals surface area contributed by atoms with E-state index in [9.17, 15) is 4.79 Å². The lowest BCUT2D eigenvalue weighted by atomic mass is 10.0. The van der Waals surface area contributed by atoms with E-state index >= 15 is 0 Å². The maximum atomic E-state index is 12.5. The van der Waals surface area contributed by atoms with Crippen LogP contribution in [0.2, 0.25) is 0 Å². The summed E-state index contributed by atoms with van der Waals surface area (Å²) in [7, 11) is 0. The van der Waals surface area contributed by atoms with E-state index in [0.717, 1.165) is 30.2 Å². The molecule has 3 rings (SSSR count). The maximum absolute atomic E-state index is 12.5. The topological polar surface area (TPSA) is 46.3 Å². The summed E-state index contributed by atoms with van der Waals surface area (Å²) in [6.07, 6.45) is 4.18. The van der Waals surface area contributed by atoms with E-state index in [4.69, 9.17) is 5.73 Å². The molecule has 3 aliphatic rings. The Morgan fingerprint density at radius 1 is 1.29 bits per heavy atom. The Bertz CT molecular complexity index is 312. The van der Waals surface area contributed by atoms with Crippen LogP contribution in [-0.4, -0.2) is 29.9 Å². The molecule has 0 aromatic rings. The van der Waals surface area contributed by atoms with Crippen molar-refractivity contribution in [2.45, 2.75) is 39.2 Å². The van der Waals surface area contributed by atoms with Gasteiger partial charge in [0.1, 0.15) is 0 Å². The Labute approximate surface area is 104 Å². The summed E-state index contributed by atoms with van der Waals surface area (Å²) < 4.78 is 0. The largest absolute Gasteiger partial charge is 0.339 e. The molecule has 1 amide bonds. The van der Waals surface area contributed by atoms with Crippen molar-refractivity contribution in [2.75, 3.05) is 13.1 Å². The molecular formula is C14H24N2O. The van der Waals surface area contributed by atoms with Crippen LogP contribution in [0.1, 0.15) is 33.1 Å². The molecule has 0 radical (unpaired) electrons. The Hall–Kier alpha value is -0.570. The Morgan fingerprint density at radius 3 is 2.35 bits per heavy atom. The number of nitrogens with two attached hydrogens (primary N) is 1. The average molecular weight is 236 g/mol. The van der Waals surface area contributed by atoms with Gasteiger partial charge in [0.15, 0.2) is 0 Å². The molecule has 2 N–H and O–H groups in total. The fourth-order valence-electron chi connectivity index (χ4n) is 4.61. The number of hydrogen-bond acceptors (Lipinski definition) is 2. The van der Waals surface area contributed by atoms with Gasteiger partial charge in [-0.3, -0.25) is 4.79 Å². The molecular weight excluding hydrogens is 212 g/mol. The van der Waals surface area contributed by atoms with Gasteiger partial charge in [-0.2, -0.15) is 0 Å². The molecule has 0 aromatic heterocycles. The van der Waals surface area contributed by atoms with E-state index < -0.39 is 0 Å². The standard InChI is InChI=1S/C14H24N2O/c1-8(2)16(6-5-15)14(17)13-11-9-3-4-10(7-9)12(11)13/h8-13H,3-7,15H2,1-2H3. The number of amides is 1. The van der Waals surface area contributed by atoms with Gasteiger partial charge in [-0.1, -0.05) is 0 Å². The lowest BCUT2D eigenvalue weighted by Gasteiger charge is -2.27. The number of hydrogen-bond donors (Lipinski definition) is 1. The molecule has 4 unspecified atom stereocenters. The van der Waals surface area contributed by atoms with Gasteiger partial charge in [-0.05, 0) is 56.8 Å². The fourth-order valence-corrected chi connectivity index (χ4v) is 4.61. The minimum absolute atomic E-state index is 0.296. The van der Waals surface area contributed by atoms with Gasteiger partial charge >= 0.3 is 0 Å². The number of nitrogens with zero attached hydrogens (tertiary/aromatic N) is 1. The fraction of sp³-hybridized carbons (Fsp3) is 0.929. The molecule has 0 aromatic carbocycles. The first kappa shape index (κ1) is 11.5. The smallest absolute Gasteiger partial charge is 0.226 e. The molecule has 0 aliphatic heterocycles. The van der Waals surface area contributed by atoms with E-state index in [1.807, 2.05) is 4.90 Å². The Balaban J connectivity index is 1.68.